The summed E-state index contributed by atoms with van der Waals surface area (Å²) in [5, 5.41) is 6.55. The molecule has 0 aliphatic carbocycles. The van der Waals surface area contributed by atoms with Crippen molar-refractivity contribution in [1.82, 2.24) is 15.5 Å². The average molecular weight is 308 g/mol. The molecule has 0 heterocycles. The molecule has 0 aliphatic rings. The highest BCUT2D eigenvalue weighted by atomic mass is 16.5. The monoisotopic (exact) mass is 308 g/mol. The predicted molar refractivity (Wildman–Crippen MR) is 90.7 cm³/mol. The average Bonchev–Trinajstić information content (AvgIpc) is 2.53. The van der Waals surface area contributed by atoms with E-state index in [0.29, 0.717) is 6.61 Å². The van der Waals surface area contributed by atoms with Gasteiger partial charge in [-0.1, -0.05) is 18.2 Å². The molecule has 1 unspecified atom stereocenters. The Morgan fingerprint density at radius 2 is 1.95 bits per heavy atom. The van der Waals surface area contributed by atoms with Gasteiger partial charge in [0, 0.05) is 32.8 Å². The molecule has 6 heteroatoms. The quantitative estimate of drug-likeness (QED) is 0.428. The molecule has 22 heavy (non-hydrogen) atoms. The molecule has 0 fully saturated rings. The van der Waals surface area contributed by atoms with Gasteiger partial charge in [-0.2, -0.15) is 0 Å². The van der Waals surface area contributed by atoms with Crippen molar-refractivity contribution in [2.45, 2.75) is 6.04 Å². The van der Waals surface area contributed by atoms with Crippen LogP contribution in [0.3, 0.4) is 0 Å². The minimum Gasteiger partial charge on any atom is -0.496 e. The van der Waals surface area contributed by atoms with E-state index in [2.05, 4.69) is 40.7 Å². The van der Waals surface area contributed by atoms with Gasteiger partial charge in [-0.25, -0.2) is 0 Å². The maximum Gasteiger partial charge on any atom is 0.191 e. The van der Waals surface area contributed by atoms with Gasteiger partial charge in [-0.3, -0.25) is 4.99 Å². The van der Waals surface area contributed by atoms with Gasteiger partial charge in [0.05, 0.1) is 19.8 Å². The first-order valence-corrected chi connectivity index (χ1v) is 7.36. The molecule has 0 aliphatic heterocycles. The van der Waals surface area contributed by atoms with Crippen molar-refractivity contribution >= 4 is 5.96 Å². The Kier molecular flexibility index (Phi) is 8.32. The fraction of sp³-hybridized carbons (Fsp3) is 0.562. The number of hydrogen-bond acceptors (Lipinski definition) is 4. The summed E-state index contributed by atoms with van der Waals surface area (Å²) in [6.07, 6.45) is 0. The molecule has 0 amide bonds. The largest absolute Gasteiger partial charge is 0.496 e. The zero-order valence-corrected chi connectivity index (χ0v) is 14.2. The number of nitrogens with one attached hydrogen (secondary N) is 2. The van der Waals surface area contributed by atoms with E-state index in [9.17, 15) is 0 Å². The van der Waals surface area contributed by atoms with Crippen molar-refractivity contribution in [3.05, 3.63) is 29.8 Å². The van der Waals surface area contributed by atoms with Crippen LogP contribution in [0.15, 0.2) is 29.3 Å². The Balaban J connectivity index is 2.72. The number of rotatable bonds is 8. The molecule has 1 atom stereocenters. The van der Waals surface area contributed by atoms with Crippen molar-refractivity contribution in [2.24, 2.45) is 4.99 Å². The van der Waals surface area contributed by atoms with E-state index in [4.69, 9.17) is 9.47 Å². The summed E-state index contributed by atoms with van der Waals surface area (Å²) in [6.45, 7) is 2.09. The number of nitrogens with zero attached hydrogens (tertiary/aromatic N) is 2. The second kappa shape index (κ2) is 10.0. The lowest BCUT2D eigenvalue weighted by molar-refractivity contribution is 0.203. The van der Waals surface area contributed by atoms with Gasteiger partial charge in [-0.05, 0) is 20.2 Å². The van der Waals surface area contributed by atoms with E-state index in [1.807, 2.05) is 18.2 Å². The molecule has 0 spiro atoms. The highest BCUT2D eigenvalue weighted by Crippen LogP contribution is 2.27. The summed E-state index contributed by atoms with van der Waals surface area (Å²) in [6, 6.07) is 8.26. The summed E-state index contributed by atoms with van der Waals surface area (Å²) in [4.78, 5) is 6.38. The van der Waals surface area contributed by atoms with Gasteiger partial charge >= 0.3 is 0 Å². The molecule has 0 radical (unpaired) electrons. The van der Waals surface area contributed by atoms with Crippen LogP contribution in [-0.2, 0) is 4.74 Å². The van der Waals surface area contributed by atoms with Crippen molar-refractivity contribution < 1.29 is 9.47 Å². The van der Waals surface area contributed by atoms with Crippen LogP contribution in [0, 0.1) is 0 Å². The van der Waals surface area contributed by atoms with E-state index >= 15 is 0 Å². The Bertz CT molecular complexity index is 463. The van der Waals surface area contributed by atoms with Crippen LogP contribution in [0.2, 0.25) is 0 Å². The minimum atomic E-state index is 0.178. The maximum atomic E-state index is 5.47. The van der Waals surface area contributed by atoms with Gasteiger partial charge in [0.25, 0.3) is 0 Å². The SMILES string of the molecule is CN=C(NCCOC)NCC(c1ccccc1OC)N(C)C. The van der Waals surface area contributed by atoms with E-state index < -0.39 is 0 Å². The number of ether oxygens (including phenoxy) is 2. The number of aliphatic imine (C=N–C) groups is 1. The Morgan fingerprint density at radius 1 is 1.23 bits per heavy atom. The number of hydrogen-bond donors (Lipinski definition) is 2. The molecule has 1 rings (SSSR count). The van der Waals surface area contributed by atoms with Gasteiger partial charge in [0.1, 0.15) is 5.75 Å². The minimum absolute atomic E-state index is 0.178. The third kappa shape index (κ3) is 5.54. The summed E-state index contributed by atoms with van der Waals surface area (Å²) in [5.74, 6) is 1.66. The fourth-order valence-corrected chi connectivity index (χ4v) is 2.20. The second-order valence-electron chi connectivity index (χ2n) is 5.09. The Morgan fingerprint density at radius 3 is 2.55 bits per heavy atom. The van der Waals surface area contributed by atoms with Gasteiger partial charge in [-0.15, -0.1) is 0 Å². The maximum absolute atomic E-state index is 5.47. The normalized spacial score (nSPS) is 13.1. The van der Waals surface area contributed by atoms with E-state index in [1.54, 1.807) is 21.3 Å². The molecule has 2 N–H and O–H groups in total. The highest BCUT2D eigenvalue weighted by molar-refractivity contribution is 5.79. The standard InChI is InChI=1S/C16H28N4O2/c1-17-16(18-10-11-21-4)19-12-14(20(2)3)13-8-6-7-9-15(13)22-5/h6-9,14H,10-12H2,1-5H3,(H2,17,18,19). The lowest BCUT2D eigenvalue weighted by Crippen LogP contribution is -2.42. The number of methoxy groups -OCH3 is 2. The van der Waals surface area contributed by atoms with Gasteiger partial charge in [0.2, 0.25) is 0 Å². The molecule has 1 aromatic rings. The molecule has 0 saturated heterocycles. The Labute approximate surface area is 133 Å². The van der Waals surface area contributed by atoms with Crippen molar-refractivity contribution in [3.8, 4) is 5.75 Å². The summed E-state index contributed by atoms with van der Waals surface area (Å²) in [5.41, 5.74) is 1.15. The number of likely N-dealkylation sites (N-methyl/N-ethyl adjacent to an activating group) is 1. The van der Waals surface area contributed by atoms with E-state index in [0.717, 1.165) is 30.4 Å². The zero-order valence-electron chi connectivity index (χ0n) is 14.2. The van der Waals surface area contributed by atoms with Gasteiger partial charge < -0.3 is 25.0 Å². The van der Waals surface area contributed by atoms with Crippen LogP contribution in [0.5, 0.6) is 5.75 Å². The topological polar surface area (TPSA) is 58.1 Å². The highest BCUT2D eigenvalue weighted by Gasteiger charge is 2.18. The van der Waals surface area contributed by atoms with E-state index in [1.165, 1.54) is 0 Å². The molecule has 1 aromatic carbocycles. The van der Waals surface area contributed by atoms with Crippen molar-refractivity contribution in [2.75, 3.05) is 55.1 Å². The van der Waals surface area contributed by atoms with Crippen molar-refractivity contribution in [1.29, 1.82) is 0 Å². The number of benzene rings is 1. The molecule has 6 nitrogen and oxygen atoms in total. The molecular weight excluding hydrogens is 280 g/mol. The molecule has 124 valence electrons. The van der Waals surface area contributed by atoms with Crippen LogP contribution >= 0.6 is 0 Å². The third-order valence-corrected chi connectivity index (χ3v) is 3.41. The fourth-order valence-electron chi connectivity index (χ4n) is 2.20. The third-order valence-electron chi connectivity index (χ3n) is 3.41. The van der Waals surface area contributed by atoms with Crippen LogP contribution in [0.25, 0.3) is 0 Å². The number of guanidine groups is 1. The smallest absolute Gasteiger partial charge is 0.191 e. The summed E-state index contributed by atoms with van der Waals surface area (Å²) >= 11 is 0. The molecule has 0 saturated carbocycles. The summed E-state index contributed by atoms with van der Waals surface area (Å²) in [7, 11) is 9.25. The number of para-hydroxylation sites is 1. The second-order valence-corrected chi connectivity index (χ2v) is 5.09. The van der Waals surface area contributed by atoms with Gasteiger partial charge in [0.15, 0.2) is 5.96 Å². The lowest BCUT2D eigenvalue weighted by atomic mass is 10.0. The van der Waals surface area contributed by atoms with E-state index in [-0.39, 0.29) is 6.04 Å². The van der Waals surface area contributed by atoms with Crippen LogP contribution in [0.1, 0.15) is 11.6 Å². The predicted octanol–water partition coefficient (Wildman–Crippen LogP) is 1.11. The first kappa shape index (κ1) is 18.3. The van der Waals surface area contributed by atoms with Crippen LogP contribution in [-0.4, -0.2) is 65.9 Å². The first-order chi connectivity index (χ1) is 10.6. The first-order valence-electron chi connectivity index (χ1n) is 7.36. The molecule has 0 aromatic heterocycles. The summed E-state index contributed by atoms with van der Waals surface area (Å²) < 4.78 is 10.5. The Hall–Kier alpha value is -1.79. The lowest BCUT2D eigenvalue weighted by Gasteiger charge is -2.27. The van der Waals surface area contributed by atoms with Crippen LogP contribution < -0.4 is 15.4 Å². The van der Waals surface area contributed by atoms with Crippen LogP contribution in [0.4, 0.5) is 0 Å². The zero-order chi connectivity index (χ0) is 16.4. The molecule has 0 bridgehead atoms. The van der Waals surface area contributed by atoms with Crippen molar-refractivity contribution in [3.63, 3.8) is 0 Å². The molecular formula is C16H28N4O2.